The molecular formula is C14H16IN3O3. The second kappa shape index (κ2) is 6.90. The molecule has 6 nitrogen and oxygen atoms in total. The van der Waals surface area contributed by atoms with Crippen molar-refractivity contribution in [1.82, 2.24) is 9.97 Å². The molecule has 2 rings (SSSR count). The van der Waals surface area contributed by atoms with E-state index in [1.54, 1.807) is 21.3 Å². The highest BCUT2D eigenvalue weighted by Gasteiger charge is 2.15. The first-order valence-electron chi connectivity index (χ1n) is 6.14. The van der Waals surface area contributed by atoms with E-state index < -0.39 is 0 Å². The van der Waals surface area contributed by atoms with Gasteiger partial charge in [-0.25, -0.2) is 9.97 Å². The second-order valence-electron chi connectivity index (χ2n) is 4.19. The smallest absolute Gasteiger partial charge is 0.165 e. The number of aromatic nitrogens is 2. The molecule has 0 amide bonds. The van der Waals surface area contributed by atoms with E-state index in [1.165, 1.54) is 0 Å². The first-order chi connectivity index (χ1) is 10.1. The van der Waals surface area contributed by atoms with Gasteiger partial charge in [-0.3, -0.25) is 0 Å². The number of benzene rings is 1. The lowest BCUT2D eigenvalue weighted by Gasteiger charge is -2.12. The van der Waals surface area contributed by atoms with E-state index in [1.807, 2.05) is 18.2 Å². The lowest BCUT2D eigenvalue weighted by Crippen LogP contribution is -2.06. The van der Waals surface area contributed by atoms with Crippen molar-refractivity contribution in [2.75, 3.05) is 27.1 Å². The van der Waals surface area contributed by atoms with Gasteiger partial charge in [0.05, 0.1) is 35.7 Å². The summed E-state index contributed by atoms with van der Waals surface area (Å²) in [6, 6.07) is 5.44. The van der Waals surface area contributed by atoms with E-state index in [9.17, 15) is 0 Å². The van der Waals surface area contributed by atoms with Crippen molar-refractivity contribution in [1.29, 1.82) is 0 Å². The van der Waals surface area contributed by atoms with Gasteiger partial charge in [0.15, 0.2) is 5.82 Å². The van der Waals surface area contributed by atoms with Gasteiger partial charge in [0.25, 0.3) is 0 Å². The van der Waals surface area contributed by atoms with Crippen molar-refractivity contribution >= 4 is 28.4 Å². The summed E-state index contributed by atoms with van der Waals surface area (Å²) >= 11 is 2.11. The Bertz CT molecular complexity index is 650. The Hall–Kier alpha value is -1.61. The Morgan fingerprint density at radius 3 is 2.52 bits per heavy atom. The summed E-state index contributed by atoms with van der Waals surface area (Å²) < 4.78 is 16.5. The summed E-state index contributed by atoms with van der Waals surface area (Å²) in [7, 11) is 4.81. The van der Waals surface area contributed by atoms with Gasteiger partial charge in [0.2, 0.25) is 0 Å². The standard InChI is InChI=1S/C14H16IN3O3/c1-19-7-10-12(15)13(16)18-14(17-10)9-6-8(20-2)4-5-11(9)21-3/h4-6H,7H2,1-3H3,(H2,16,17,18). The van der Waals surface area contributed by atoms with Gasteiger partial charge in [-0.1, -0.05) is 0 Å². The molecule has 0 unspecified atom stereocenters. The quantitative estimate of drug-likeness (QED) is 0.776. The zero-order valence-electron chi connectivity index (χ0n) is 12.0. The van der Waals surface area contributed by atoms with Crippen LogP contribution in [0.4, 0.5) is 5.82 Å². The van der Waals surface area contributed by atoms with Gasteiger partial charge >= 0.3 is 0 Å². The summed E-state index contributed by atoms with van der Waals surface area (Å²) in [4.78, 5) is 8.86. The van der Waals surface area contributed by atoms with Gasteiger partial charge in [-0.15, -0.1) is 0 Å². The number of nitrogen functional groups attached to an aromatic ring is 1. The van der Waals surface area contributed by atoms with Crippen molar-refractivity contribution in [2.45, 2.75) is 6.61 Å². The molecule has 0 spiro atoms. The highest BCUT2D eigenvalue weighted by atomic mass is 127. The lowest BCUT2D eigenvalue weighted by molar-refractivity contribution is 0.181. The van der Waals surface area contributed by atoms with Gasteiger partial charge in [0, 0.05) is 7.11 Å². The summed E-state index contributed by atoms with van der Waals surface area (Å²) in [6.07, 6.45) is 0. The van der Waals surface area contributed by atoms with Crippen LogP contribution in [0.2, 0.25) is 0 Å². The first-order valence-corrected chi connectivity index (χ1v) is 7.21. The molecule has 0 aliphatic rings. The zero-order valence-corrected chi connectivity index (χ0v) is 14.2. The maximum Gasteiger partial charge on any atom is 0.165 e. The third-order valence-corrected chi connectivity index (χ3v) is 4.05. The van der Waals surface area contributed by atoms with E-state index in [0.29, 0.717) is 29.7 Å². The molecule has 2 aromatic rings. The minimum Gasteiger partial charge on any atom is -0.497 e. The Labute approximate surface area is 136 Å². The van der Waals surface area contributed by atoms with E-state index in [2.05, 4.69) is 32.6 Å². The number of hydrogen-bond donors (Lipinski definition) is 1. The molecule has 0 aliphatic carbocycles. The Morgan fingerprint density at radius 1 is 1.14 bits per heavy atom. The zero-order chi connectivity index (χ0) is 15.4. The highest BCUT2D eigenvalue weighted by molar-refractivity contribution is 14.1. The summed E-state index contributed by atoms with van der Waals surface area (Å²) in [5, 5.41) is 0. The van der Waals surface area contributed by atoms with Crippen molar-refractivity contribution in [3.63, 3.8) is 0 Å². The van der Waals surface area contributed by atoms with E-state index in [4.69, 9.17) is 19.9 Å². The number of methoxy groups -OCH3 is 3. The van der Waals surface area contributed by atoms with Crippen LogP contribution in [0.25, 0.3) is 11.4 Å². The van der Waals surface area contributed by atoms with Crippen LogP contribution in [0.1, 0.15) is 5.69 Å². The van der Waals surface area contributed by atoms with Crippen LogP contribution < -0.4 is 15.2 Å². The van der Waals surface area contributed by atoms with Crippen molar-refractivity contribution in [3.8, 4) is 22.9 Å². The van der Waals surface area contributed by atoms with Crippen LogP contribution in [0.5, 0.6) is 11.5 Å². The molecule has 21 heavy (non-hydrogen) atoms. The molecule has 7 heteroatoms. The Balaban J connectivity index is 2.60. The predicted molar refractivity (Wildman–Crippen MR) is 88.4 cm³/mol. The van der Waals surface area contributed by atoms with E-state index in [0.717, 1.165) is 14.8 Å². The third kappa shape index (κ3) is 3.35. The molecule has 1 heterocycles. The fraction of sp³-hybridized carbons (Fsp3) is 0.286. The van der Waals surface area contributed by atoms with Crippen molar-refractivity contribution < 1.29 is 14.2 Å². The largest absolute Gasteiger partial charge is 0.497 e. The van der Waals surface area contributed by atoms with E-state index >= 15 is 0 Å². The van der Waals surface area contributed by atoms with Gasteiger partial charge < -0.3 is 19.9 Å². The molecule has 2 N–H and O–H groups in total. The predicted octanol–water partition coefficient (Wildman–Crippen LogP) is 2.49. The number of ether oxygens (including phenoxy) is 3. The van der Waals surface area contributed by atoms with Gasteiger partial charge in [-0.2, -0.15) is 0 Å². The molecule has 0 atom stereocenters. The molecule has 0 radical (unpaired) electrons. The summed E-state index contributed by atoms with van der Waals surface area (Å²) in [6.45, 7) is 0.365. The van der Waals surface area contributed by atoms with E-state index in [-0.39, 0.29) is 0 Å². The number of halogens is 1. The summed E-state index contributed by atoms with van der Waals surface area (Å²) in [5.74, 6) is 2.24. The van der Waals surface area contributed by atoms with Gasteiger partial charge in [0.1, 0.15) is 17.3 Å². The molecule has 112 valence electrons. The van der Waals surface area contributed by atoms with Crippen LogP contribution in [0, 0.1) is 3.57 Å². The Kier molecular flexibility index (Phi) is 5.18. The number of nitrogens with two attached hydrogens (primary N) is 1. The molecular weight excluding hydrogens is 385 g/mol. The topological polar surface area (TPSA) is 79.5 Å². The fourth-order valence-electron chi connectivity index (χ4n) is 1.85. The second-order valence-corrected chi connectivity index (χ2v) is 5.27. The van der Waals surface area contributed by atoms with Crippen LogP contribution in [0.15, 0.2) is 18.2 Å². The molecule has 0 fully saturated rings. The molecule has 0 saturated heterocycles. The highest BCUT2D eigenvalue weighted by Crippen LogP contribution is 2.32. The Morgan fingerprint density at radius 2 is 1.90 bits per heavy atom. The molecule has 0 aliphatic heterocycles. The van der Waals surface area contributed by atoms with Gasteiger partial charge in [-0.05, 0) is 40.8 Å². The number of rotatable bonds is 5. The SMILES string of the molecule is COCc1nc(-c2cc(OC)ccc2OC)nc(N)c1I. The minimum absolute atomic E-state index is 0.365. The first kappa shape index (κ1) is 15.8. The van der Waals surface area contributed by atoms with Crippen molar-refractivity contribution in [3.05, 3.63) is 27.5 Å². The molecule has 1 aromatic heterocycles. The average Bonchev–Trinajstić information content (AvgIpc) is 2.51. The van der Waals surface area contributed by atoms with Crippen molar-refractivity contribution in [2.24, 2.45) is 0 Å². The van der Waals surface area contributed by atoms with Crippen LogP contribution in [-0.2, 0) is 11.3 Å². The monoisotopic (exact) mass is 401 g/mol. The number of hydrogen-bond acceptors (Lipinski definition) is 6. The third-order valence-electron chi connectivity index (χ3n) is 2.87. The minimum atomic E-state index is 0.365. The van der Waals surface area contributed by atoms with Crippen LogP contribution in [0.3, 0.4) is 0 Å². The summed E-state index contributed by atoms with van der Waals surface area (Å²) in [5.41, 5.74) is 7.43. The maximum absolute atomic E-state index is 5.96. The maximum atomic E-state index is 5.96. The lowest BCUT2D eigenvalue weighted by atomic mass is 10.1. The number of nitrogens with zero attached hydrogens (tertiary/aromatic N) is 2. The molecule has 1 aromatic carbocycles. The average molecular weight is 401 g/mol. The molecule has 0 saturated carbocycles. The van der Waals surface area contributed by atoms with Crippen LogP contribution in [-0.4, -0.2) is 31.3 Å². The molecule has 0 bridgehead atoms. The normalized spacial score (nSPS) is 10.5. The fourth-order valence-corrected chi connectivity index (χ4v) is 2.25. The van der Waals surface area contributed by atoms with Crippen LogP contribution >= 0.6 is 22.6 Å². The number of anilines is 1.